The molecule has 2 aliphatic rings. The van der Waals surface area contributed by atoms with Crippen LogP contribution >= 0.6 is 0 Å². The Morgan fingerprint density at radius 1 is 1.37 bits per heavy atom. The first-order valence-electron chi connectivity index (χ1n) is 6.44. The number of allylic oxidation sites excluding steroid dienone is 3. The molecule has 3 rings (SSSR count). The minimum atomic E-state index is -0.635. The fraction of sp³-hybridized carbons (Fsp3) is 0.235. The molecule has 2 aliphatic carbocycles. The van der Waals surface area contributed by atoms with Crippen LogP contribution in [-0.2, 0) is 16.0 Å². The van der Waals surface area contributed by atoms with Crippen LogP contribution in [0.1, 0.15) is 17.5 Å². The monoisotopic (exact) mass is 252 g/mol. The molecule has 1 aromatic carbocycles. The smallest absolute Gasteiger partial charge is 0.320 e. The van der Waals surface area contributed by atoms with Crippen molar-refractivity contribution in [3.63, 3.8) is 0 Å². The molecule has 0 aliphatic heterocycles. The molecule has 1 atom stereocenters. The summed E-state index contributed by atoms with van der Waals surface area (Å²) in [6.07, 6.45) is 7.52. The van der Waals surface area contributed by atoms with E-state index in [9.17, 15) is 4.79 Å². The number of esters is 1. The Morgan fingerprint density at radius 3 is 2.95 bits per heavy atom. The van der Waals surface area contributed by atoms with Crippen molar-refractivity contribution in [2.45, 2.75) is 12.8 Å². The molecule has 0 bridgehead atoms. The third-order valence-corrected chi connectivity index (χ3v) is 4.04. The van der Waals surface area contributed by atoms with Crippen molar-refractivity contribution < 1.29 is 9.53 Å². The predicted octanol–water partition coefficient (Wildman–Crippen LogP) is 3.30. The van der Waals surface area contributed by atoms with E-state index < -0.39 is 5.41 Å². The summed E-state index contributed by atoms with van der Waals surface area (Å²) in [4.78, 5) is 12.3. The maximum atomic E-state index is 12.3. The van der Waals surface area contributed by atoms with Gasteiger partial charge in [-0.05, 0) is 35.1 Å². The van der Waals surface area contributed by atoms with Crippen molar-refractivity contribution in [3.05, 3.63) is 65.8 Å². The van der Waals surface area contributed by atoms with Crippen LogP contribution in [0.25, 0.3) is 5.57 Å². The Morgan fingerprint density at radius 2 is 2.16 bits per heavy atom. The van der Waals surface area contributed by atoms with Gasteiger partial charge in [-0.3, -0.25) is 4.79 Å². The van der Waals surface area contributed by atoms with Gasteiger partial charge in [-0.2, -0.15) is 0 Å². The molecule has 0 N–H and O–H groups in total. The number of aryl methyl sites for hydroxylation is 1. The number of benzene rings is 1. The van der Waals surface area contributed by atoms with Crippen LogP contribution in [0.4, 0.5) is 0 Å². The van der Waals surface area contributed by atoms with E-state index in [0.29, 0.717) is 0 Å². The van der Waals surface area contributed by atoms with E-state index in [4.69, 9.17) is 4.74 Å². The van der Waals surface area contributed by atoms with Gasteiger partial charge in [0.25, 0.3) is 0 Å². The molecule has 0 amide bonds. The van der Waals surface area contributed by atoms with Crippen molar-refractivity contribution in [3.8, 4) is 0 Å². The maximum absolute atomic E-state index is 12.3. The quantitative estimate of drug-likeness (QED) is 0.717. The SMILES string of the molecule is C=C1C=CC2(C(=O)OC)CCc3ccccc3C2=C1. The Bertz CT molecular complexity index is 622. The normalized spacial score (nSPS) is 24.3. The molecule has 2 nitrogen and oxygen atoms in total. The van der Waals surface area contributed by atoms with Crippen LogP contribution in [0, 0.1) is 5.41 Å². The Labute approximate surface area is 113 Å². The average molecular weight is 252 g/mol. The molecule has 2 heteroatoms. The van der Waals surface area contributed by atoms with Crippen molar-refractivity contribution in [2.75, 3.05) is 7.11 Å². The second-order valence-electron chi connectivity index (χ2n) is 5.09. The lowest BCUT2D eigenvalue weighted by atomic mass is 9.65. The lowest BCUT2D eigenvalue weighted by Crippen LogP contribution is -2.36. The van der Waals surface area contributed by atoms with Gasteiger partial charge in [0.2, 0.25) is 0 Å². The van der Waals surface area contributed by atoms with Crippen molar-refractivity contribution >= 4 is 11.5 Å². The Balaban J connectivity index is 2.22. The molecular formula is C17H16O2. The standard InChI is InChI=1S/C17H16O2/c1-12-7-9-17(16(18)19-2)10-8-13-5-3-4-6-14(13)15(17)11-12/h3-7,9,11H,1,8,10H2,2H3. The summed E-state index contributed by atoms with van der Waals surface area (Å²) in [5.41, 5.74) is 3.74. The molecule has 0 saturated heterocycles. The average Bonchev–Trinajstić information content (AvgIpc) is 2.46. The van der Waals surface area contributed by atoms with Gasteiger partial charge in [-0.1, -0.05) is 49.1 Å². The lowest BCUT2D eigenvalue weighted by molar-refractivity contribution is -0.147. The van der Waals surface area contributed by atoms with Gasteiger partial charge in [0.05, 0.1) is 7.11 Å². The third-order valence-electron chi connectivity index (χ3n) is 4.04. The molecule has 1 unspecified atom stereocenters. The fourth-order valence-electron chi connectivity index (χ4n) is 3.03. The highest BCUT2D eigenvalue weighted by Gasteiger charge is 2.45. The molecule has 0 spiro atoms. The van der Waals surface area contributed by atoms with Crippen LogP contribution in [0.2, 0.25) is 0 Å². The summed E-state index contributed by atoms with van der Waals surface area (Å²) in [6, 6.07) is 8.25. The van der Waals surface area contributed by atoms with Gasteiger partial charge in [0.1, 0.15) is 5.41 Å². The fourth-order valence-corrected chi connectivity index (χ4v) is 3.03. The second kappa shape index (κ2) is 4.23. The van der Waals surface area contributed by atoms with Crippen LogP contribution < -0.4 is 0 Å². The van der Waals surface area contributed by atoms with Crippen LogP contribution in [-0.4, -0.2) is 13.1 Å². The number of methoxy groups -OCH3 is 1. The molecule has 19 heavy (non-hydrogen) atoms. The van der Waals surface area contributed by atoms with Gasteiger partial charge in [0, 0.05) is 0 Å². The minimum absolute atomic E-state index is 0.183. The summed E-state index contributed by atoms with van der Waals surface area (Å²) in [6.45, 7) is 3.98. The number of carbonyl (C=O) groups excluding carboxylic acids is 1. The molecule has 0 radical (unpaired) electrons. The van der Waals surface area contributed by atoms with Gasteiger partial charge in [-0.15, -0.1) is 0 Å². The van der Waals surface area contributed by atoms with Crippen LogP contribution in [0.15, 0.2) is 54.6 Å². The molecule has 0 heterocycles. The van der Waals surface area contributed by atoms with E-state index in [-0.39, 0.29) is 5.97 Å². The van der Waals surface area contributed by atoms with E-state index in [2.05, 4.69) is 18.7 Å². The Hall–Kier alpha value is -2.09. The van der Waals surface area contributed by atoms with E-state index in [1.165, 1.54) is 12.7 Å². The number of ether oxygens (including phenoxy) is 1. The molecule has 0 saturated carbocycles. The zero-order chi connectivity index (χ0) is 13.5. The first kappa shape index (κ1) is 12.0. The highest BCUT2D eigenvalue weighted by atomic mass is 16.5. The van der Waals surface area contributed by atoms with E-state index in [1.54, 1.807) is 0 Å². The molecule has 1 aromatic rings. The molecular weight excluding hydrogens is 236 g/mol. The molecule has 0 aromatic heterocycles. The topological polar surface area (TPSA) is 26.3 Å². The number of hydrogen-bond donors (Lipinski definition) is 0. The highest BCUT2D eigenvalue weighted by molar-refractivity contribution is 5.98. The summed E-state index contributed by atoms with van der Waals surface area (Å²) in [7, 11) is 1.45. The zero-order valence-corrected chi connectivity index (χ0v) is 11.0. The van der Waals surface area contributed by atoms with Gasteiger partial charge in [0.15, 0.2) is 0 Å². The first-order chi connectivity index (χ1) is 9.17. The van der Waals surface area contributed by atoms with Crippen molar-refractivity contribution in [1.82, 2.24) is 0 Å². The second-order valence-corrected chi connectivity index (χ2v) is 5.09. The molecule has 96 valence electrons. The predicted molar refractivity (Wildman–Crippen MR) is 75.5 cm³/mol. The van der Waals surface area contributed by atoms with Crippen molar-refractivity contribution in [1.29, 1.82) is 0 Å². The van der Waals surface area contributed by atoms with Crippen molar-refractivity contribution in [2.24, 2.45) is 5.41 Å². The van der Waals surface area contributed by atoms with E-state index >= 15 is 0 Å². The number of rotatable bonds is 1. The minimum Gasteiger partial charge on any atom is -0.468 e. The highest BCUT2D eigenvalue weighted by Crippen LogP contribution is 2.49. The molecule has 0 fully saturated rings. The number of hydrogen-bond acceptors (Lipinski definition) is 2. The van der Waals surface area contributed by atoms with Gasteiger partial charge < -0.3 is 4.74 Å². The largest absolute Gasteiger partial charge is 0.468 e. The Kier molecular flexibility index (Phi) is 2.67. The first-order valence-corrected chi connectivity index (χ1v) is 6.44. The van der Waals surface area contributed by atoms with Crippen LogP contribution in [0.5, 0.6) is 0 Å². The maximum Gasteiger partial charge on any atom is 0.320 e. The summed E-state index contributed by atoms with van der Waals surface area (Å²) < 4.78 is 5.04. The third kappa shape index (κ3) is 1.67. The van der Waals surface area contributed by atoms with E-state index in [1.807, 2.05) is 30.4 Å². The zero-order valence-electron chi connectivity index (χ0n) is 11.0. The summed E-state index contributed by atoms with van der Waals surface area (Å²) >= 11 is 0. The van der Waals surface area contributed by atoms with E-state index in [0.717, 1.165) is 29.6 Å². The lowest BCUT2D eigenvalue weighted by Gasteiger charge is -2.38. The van der Waals surface area contributed by atoms with Crippen LogP contribution in [0.3, 0.4) is 0 Å². The number of carbonyl (C=O) groups is 1. The van der Waals surface area contributed by atoms with Gasteiger partial charge >= 0.3 is 5.97 Å². The summed E-state index contributed by atoms with van der Waals surface area (Å²) in [5, 5.41) is 0. The summed E-state index contributed by atoms with van der Waals surface area (Å²) in [5.74, 6) is -0.183. The number of fused-ring (bicyclic) bond motifs is 3. The van der Waals surface area contributed by atoms with Gasteiger partial charge in [-0.25, -0.2) is 0 Å².